The van der Waals surface area contributed by atoms with Crippen molar-refractivity contribution in [2.45, 2.75) is 37.8 Å². The molecule has 0 saturated heterocycles. The second kappa shape index (κ2) is 9.95. The number of amides is 3. The topological polar surface area (TPSA) is 148 Å². The van der Waals surface area contributed by atoms with Crippen LogP contribution in [-0.2, 0) is 19.1 Å². The predicted molar refractivity (Wildman–Crippen MR) is 116 cm³/mol. The van der Waals surface area contributed by atoms with Crippen LogP contribution in [0.25, 0.3) is 11.1 Å². The predicted octanol–water partition coefficient (Wildman–Crippen LogP) is 1.75. The van der Waals surface area contributed by atoms with Crippen molar-refractivity contribution < 1.29 is 29.0 Å². The van der Waals surface area contributed by atoms with Crippen LogP contribution in [-0.4, -0.2) is 47.7 Å². The van der Waals surface area contributed by atoms with Gasteiger partial charge in [0.15, 0.2) is 0 Å². The number of hydrogen-bond acceptors (Lipinski definition) is 5. The molecule has 0 aliphatic heterocycles. The van der Waals surface area contributed by atoms with Crippen LogP contribution in [0.1, 0.15) is 36.8 Å². The molecule has 2 aromatic carbocycles. The van der Waals surface area contributed by atoms with Gasteiger partial charge in [-0.25, -0.2) is 9.59 Å². The summed E-state index contributed by atoms with van der Waals surface area (Å²) in [5.74, 6) is -2.80. The molecular formula is C23H25N3O6. The Bertz CT molecular complexity index is 992. The summed E-state index contributed by atoms with van der Waals surface area (Å²) in [4.78, 5) is 46.7. The molecule has 0 unspecified atom stereocenters. The highest BCUT2D eigenvalue weighted by Gasteiger charge is 2.30. The maximum absolute atomic E-state index is 12.3. The van der Waals surface area contributed by atoms with Gasteiger partial charge in [-0.05, 0) is 35.6 Å². The number of primary amides is 1. The zero-order valence-electron chi connectivity index (χ0n) is 17.5. The van der Waals surface area contributed by atoms with Crippen LogP contribution < -0.4 is 16.4 Å². The van der Waals surface area contributed by atoms with Crippen molar-refractivity contribution in [3.8, 4) is 11.1 Å². The molecule has 1 aliphatic carbocycles. The van der Waals surface area contributed by atoms with E-state index in [1.807, 2.05) is 48.5 Å². The van der Waals surface area contributed by atoms with Crippen LogP contribution in [0.4, 0.5) is 4.79 Å². The number of alkyl carbamates (subject to hydrolysis) is 1. The monoisotopic (exact) mass is 439 g/mol. The Hall–Kier alpha value is -3.88. The van der Waals surface area contributed by atoms with Gasteiger partial charge in [0.25, 0.3) is 0 Å². The van der Waals surface area contributed by atoms with Gasteiger partial charge in [0.05, 0.1) is 0 Å². The summed E-state index contributed by atoms with van der Waals surface area (Å²) in [5, 5.41) is 13.9. The third kappa shape index (κ3) is 5.23. The van der Waals surface area contributed by atoms with E-state index in [-0.39, 0.29) is 25.4 Å². The van der Waals surface area contributed by atoms with Crippen molar-refractivity contribution >= 4 is 23.9 Å². The van der Waals surface area contributed by atoms with Crippen molar-refractivity contribution in [3.05, 3.63) is 59.7 Å². The molecule has 5 N–H and O–H groups in total. The number of nitrogens with one attached hydrogen (secondary N) is 2. The lowest BCUT2D eigenvalue weighted by molar-refractivity contribution is -0.142. The van der Waals surface area contributed by atoms with Crippen LogP contribution in [0.2, 0.25) is 0 Å². The summed E-state index contributed by atoms with van der Waals surface area (Å²) in [7, 11) is 0. The van der Waals surface area contributed by atoms with Gasteiger partial charge < -0.3 is 26.2 Å². The number of fused-ring (bicyclic) bond motifs is 3. The van der Waals surface area contributed by atoms with E-state index in [0.29, 0.717) is 0 Å². The van der Waals surface area contributed by atoms with Gasteiger partial charge in [0, 0.05) is 12.3 Å². The summed E-state index contributed by atoms with van der Waals surface area (Å²) >= 11 is 0. The summed E-state index contributed by atoms with van der Waals surface area (Å²) in [5.41, 5.74) is 9.34. The van der Waals surface area contributed by atoms with Crippen molar-refractivity contribution in [2.75, 3.05) is 6.61 Å². The molecule has 0 aromatic heterocycles. The minimum atomic E-state index is -1.30. The normalized spacial score (nSPS) is 13.9. The lowest BCUT2D eigenvalue weighted by Gasteiger charge is -2.19. The molecule has 0 heterocycles. The molecule has 9 nitrogen and oxygen atoms in total. The fourth-order valence-electron chi connectivity index (χ4n) is 3.72. The first-order chi connectivity index (χ1) is 15.3. The van der Waals surface area contributed by atoms with Crippen molar-refractivity contribution in [2.24, 2.45) is 5.73 Å². The Balaban J connectivity index is 1.56. The van der Waals surface area contributed by atoms with E-state index in [0.717, 1.165) is 22.3 Å². The number of rotatable bonds is 9. The van der Waals surface area contributed by atoms with E-state index >= 15 is 0 Å². The number of carbonyl (C=O) groups excluding carboxylic acids is 3. The maximum atomic E-state index is 12.3. The Labute approximate surface area is 184 Å². The quantitative estimate of drug-likeness (QED) is 0.468. The fourth-order valence-corrected chi connectivity index (χ4v) is 3.72. The molecule has 2 aromatic rings. The zero-order valence-corrected chi connectivity index (χ0v) is 17.5. The first-order valence-corrected chi connectivity index (χ1v) is 10.2. The smallest absolute Gasteiger partial charge is 0.407 e. The standard InChI is InChI=1S/C23H25N3O6/c1-13(21(28)26-19(22(29)30)10-11-20(24)27)25-23(31)32-12-18-16-8-4-2-6-14(16)15-7-3-5-9-17(15)18/h2-9,13,18-19H,10-12H2,1H3,(H2,24,27)(H,25,31)(H,26,28)(H,29,30)/t13-,19-/m0/s1. The second-order valence-corrected chi connectivity index (χ2v) is 7.60. The minimum absolute atomic E-state index is 0.0879. The largest absolute Gasteiger partial charge is 0.480 e. The highest BCUT2D eigenvalue weighted by molar-refractivity contribution is 5.89. The lowest BCUT2D eigenvalue weighted by atomic mass is 9.98. The molecule has 3 amide bonds. The van der Waals surface area contributed by atoms with E-state index in [4.69, 9.17) is 10.5 Å². The Morgan fingerprint density at radius 1 is 1.00 bits per heavy atom. The van der Waals surface area contributed by atoms with Gasteiger partial charge in [-0.15, -0.1) is 0 Å². The molecule has 0 bridgehead atoms. The molecular weight excluding hydrogens is 414 g/mol. The van der Waals surface area contributed by atoms with E-state index in [1.165, 1.54) is 6.92 Å². The lowest BCUT2D eigenvalue weighted by Crippen LogP contribution is -2.50. The highest BCUT2D eigenvalue weighted by atomic mass is 16.5. The van der Waals surface area contributed by atoms with Crippen LogP contribution in [0.15, 0.2) is 48.5 Å². The van der Waals surface area contributed by atoms with Crippen molar-refractivity contribution in [3.63, 3.8) is 0 Å². The SMILES string of the molecule is C[C@H](NC(=O)OCC1c2ccccc2-c2ccccc21)C(=O)N[C@@H](CCC(N)=O)C(=O)O. The fraction of sp³-hybridized carbons (Fsp3) is 0.304. The van der Waals surface area contributed by atoms with Gasteiger partial charge in [0.1, 0.15) is 18.7 Å². The van der Waals surface area contributed by atoms with Gasteiger partial charge in [-0.1, -0.05) is 48.5 Å². The zero-order chi connectivity index (χ0) is 23.3. The molecule has 2 atom stereocenters. The second-order valence-electron chi connectivity index (χ2n) is 7.60. The van der Waals surface area contributed by atoms with Crippen LogP contribution in [0.5, 0.6) is 0 Å². The number of ether oxygens (including phenoxy) is 1. The maximum Gasteiger partial charge on any atom is 0.407 e. The number of carboxylic acids is 1. The summed E-state index contributed by atoms with van der Waals surface area (Å²) in [6.07, 6.45) is -1.13. The molecule has 0 fully saturated rings. The molecule has 32 heavy (non-hydrogen) atoms. The Morgan fingerprint density at radius 2 is 1.56 bits per heavy atom. The first-order valence-electron chi connectivity index (χ1n) is 10.2. The van der Waals surface area contributed by atoms with Crippen LogP contribution in [0, 0.1) is 0 Å². The van der Waals surface area contributed by atoms with E-state index in [9.17, 15) is 24.3 Å². The first kappa shape index (κ1) is 22.8. The summed E-state index contributed by atoms with van der Waals surface area (Å²) in [6, 6.07) is 13.5. The van der Waals surface area contributed by atoms with Gasteiger partial charge in [-0.2, -0.15) is 0 Å². The number of hydrogen-bond donors (Lipinski definition) is 4. The third-order valence-corrected chi connectivity index (χ3v) is 5.37. The van der Waals surface area contributed by atoms with Crippen LogP contribution in [0.3, 0.4) is 0 Å². The Morgan fingerprint density at radius 3 is 2.09 bits per heavy atom. The van der Waals surface area contributed by atoms with Gasteiger partial charge in [-0.3, -0.25) is 9.59 Å². The molecule has 3 rings (SSSR count). The number of benzene rings is 2. The van der Waals surface area contributed by atoms with E-state index in [1.54, 1.807) is 0 Å². The number of carboxylic acid groups (broad SMARTS) is 1. The molecule has 9 heteroatoms. The number of nitrogens with two attached hydrogens (primary N) is 1. The van der Waals surface area contributed by atoms with Gasteiger partial charge >= 0.3 is 12.1 Å². The minimum Gasteiger partial charge on any atom is -0.480 e. The van der Waals surface area contributed by atoms with Crippen molar-refractivity contribution in [1.29, 1.82) is 0 Å². The van der Waals surface area contributed by atoms with E-state index < -0.39 is 36.0 Å². The Kier molecular flexibility index (Phi) is 7.09. The third-order valence-electron chi connectivity index (χ3n) is 5.37. The van der Waals surface area contributed by atoms with Crippen molar-refractivity contribution in [1.82, 2.24) is 10.6 Å². The average molecular weight is 439 g/mol. The number of carbonyl (C=O) groups is 4. The summed E-state index contributed by atoms with van der Waals surface area (Å²) in [6.45, 7) is 1.49. The highest BCUT2D eigenvalue weighted by Crippen LogP contribution is 2.44. The van der Waals surface area contributed by atoms with Gasteiger partial charge in [0.2, 0.25) is 11.8 Å². The average Bonchev–Trinajstić information content (AvgIpc) is 3.08. The van der Waals surface area contributed by atoms with E-state index in [2.05, 4.69) is 10.6 Å². The molecule has 168 valence electrons. The molecule has 0 spiro atoms. The molecule has 1 aliphatic rings. The molecule has 0 radical (unpaired) electrons. The summed E-state index contributed by atoms with van der Waals surface area (Å²) < 4.78 is 5.38. The molecule has 0 saturated carbocycles. The number of aliphatic carboxylic acids is 1. The van der Waals surface area contributed by atoms with Crippen LogP contribution >= 0.6 is 0 Å².